The van der Waals surface area contributed by atoms with Crippen molar-refractivity contribution in [1.29, 1.82) is 0 Å². The Labute approximate surface area is 97.0 Å². The van der Waals surface area contributed by atoms with Crippen molar-refractivity contribution in [2.24, 2.45) is 0 Å². The van der Waals surface area contributed by atoms with E-state index >= 15 is 0 Å². The van der Waals surface area contributed by atoms with Crippen molar-refractivity contribution in [3.8, 4) is 11.5 Å². The number of benzene rings is 1. The molecular weight excluding hydrogens is 204 g/mol. The Morgan fingerprint density at radius 1 is 1.25 bits per heavy atom. The molecule has 1 aromatic rings. The second-order valence-electron chi connectivity index (χ2n) is 3.98. The van der Waals surface area contributed by atoms with Crippen LogP contribution < -0.4 is 9.47 Å². The largest absolute Gasteiger partial charge is 0.493 e. The fraction of sp³-hybridized carbons (Fsp3) is 0.538. The predicted molar refractivity (Wildman–Crippen MR) is 64.2 cm³/mol. The predicted octanol–water partition coefficient (Wildman–Crippen LogP) is 2.41. The van der Waals surface area contributed by atoms with Gasteiger partial charge in [0.15, 0.2) is 11.5 Å². The van der Waals surface area contributed by atoms with Crippen LogP contribution in [-0.2, 0) is 6.42 Å². The fourth-order valence-corrected chi connectivity index (χ4v) is 1.51. The molecule has 0 unspecified atom stereocenters. The van der Waals surface area contributed by atoms with Gasteiger partial charge in [0.05, 0.1) is 13.2 Å². The highest BCUT2D eigenvalue weighted by Gasteiger charge is 2.07. The Hall–Kier alpha value is -1.22. The first-order valence-corrected chi connectivity index (χ1v) is 5.61. The van der Waals surface area contributed by atoms with Crippen LogP contribution in [0.2, 0.25) is 0 Å². The molecule has 1 N–H and O–H groups in total. The number of aliphatic hydroxyl groups excluding tert-OH is 1. The molecule has 0 saturated carbocycles. The number of hydrogen-bond donors (Lipinski definition) is 1. The van der Waals surface area contributed by atoms with Crippen LogP contribution in [0.3, 0.4) is 0 Å². The highest BCUT2D eigenvalue weighted by molar-refractivity contribution is 5.43. The van der Waals surface area contributed by atoms with Crippen LogP contribution in [0.15, 0.2) is 18.2 Å². The summed E-state index contributed by atoms with van der Waals surface area (Å²) in [4.78, 5) is 0. The summed E-state index contributed by atoms with van der Waals surface area (Å²) in [5, 5.41) is 8.79. The van der Waals surface area contributed by atoms with E-state index in [0.717, 1.165) is 29.9 Å². The van der Waals surface area contributed by atoms with E-state index in [1.54, 1.807) is 7.11 Å². The molecule has 0 aliphatic heterocycles. The molecule has 1 rings (SSSR count). The summed E-state index contributed by atoms with van der Waals surface area (Å²) >= 11 is 0. The lowest BCUT2D eigenvalue weighted by Crippen LogP contribution is -2.07. The zero-order valence-electron chi connectivity index (χ0n) is 10.2. The summed E-state index contributed by atoms with van der Waals surface area (Å²) in [5.74, 6) is 1.52. The highest BCUT2D eigenvalue weighted by atomic mass is 16.5. The lowest BCUT2D eigenvalue weighted by atomic mass is 10.1. The Bertz CT molecular complexity index is 321. The molecule has 0 aliphatic carbocycles. The zero-order valence-corrected chi connectivity index (χ0v) is 10.2. The minimum Gasteiger partial charge on any atom is -0.493 e. The Kier molecular flexibility index (Phi) is 5.12. The normalized spacial score (nSPS) is 10.6. The molecule has 0 fully saturated rings. The van der Waals surface area contributed by atoms with Crippen LogP contribution in [0.4, 0.5) is 0 Å². The number of aryl methyl sites for hydroxylation is 1. The molecule has 0 bridgehead atoms. The minimum absolute atomic E-state index is 0.127. The molecule has 0 aliphatic rings. The molecule has 1 aromatic carbocycles. The van der Waals surface area contributed by atoms with E-state index in [1.807, 2.05) is 32.0 Å². The van der Waals surface area contributed by atoms with Gasteiger partial charge in [-0.2, -0.15) is 0 Å². The van der Waals surface area contributed by atoms with Crippen molar-refractivity contribution < 1.29 is 14.6 Å². The van der Waals surface area contributed by atoms with Gasteiger partial charge in [0, 0.05) is 6.61 Å². The second kappa shape index (κ2) is 6.38. The quantitative estimate of drug-likeness (QED) is 0.806. The first-order chi connectivity index (χ1) is 7.67. The van der Waals surface area contributed by atoms with Gasteiger partial charge in [-0.15, -0.1) is 0 Å². The molecule has 0 radical (unpaired) electrons. The van der Waals surface area contributed by atoms with Crippen LogP contribution >= 0.6 is 0 Å². The number of methoxy groups -OCH3 is 1. The molecule has 3 heteroatoms. The van der Waals surface area contributed by atoms with Gasteiger partial charge in [0.25, 0.3) is 0 Å². The summed E-state index contributed by atoms with van der Waals surface area (Å²) in [6.07, 6.45) is 1.75. The van der Waals surface area contributed by atoms with Gasteiger partial charge in [0.2, 0.25) is 0 Å². The SMILES string of the molecule is COc1ccc(CCCO)cc1OC(C)C. The van der Waals surface area contributed by atoms with Gasteiger partial charge >= 0.3 is 0 Å². The summed E-state index contributed by atoms with van der Waals surface area (Å²) in [5.41, 5.74) is 1.16. The molecule has 0 aromatic heterocycles. The summed E-state index contributed by atoms with van der Waals surface area (Å²) in [6, 6.07) is 5.89. The lowest BCUT2D eigenvalue weighted by Gasteiger charge is -2.14. The van der Waals surface area contributed by atoms with Crippen molar-refractivity contribution in [3.63, 3.8) is 0 Å². The zero-order chi connectivity index (χ0) is 12.0. The Morgan fingerprint density at radius 3 is 2.56 bits per heavy atom. The maximum atomic E-state index is 8.79. The van der Waals surface area contributed by atoms with Crippen molar-refractivity contribution in [2.75, 3.05) is 13.7 Å². The van der Waals surface area contributed by atoms with Gasteiger partial charge in [-0.05, 0) is 44.4 Å². The third kappa shape index (κ3) is 3.74. The second-order valence-corrected chi connectivity index (χ2v) is 3.98. The van der Waals surface area contributed by atoms with Crippen molar-refractivity contribution in [3.05, 3.63) is 23.8 Å². The molecule has 90 valence electrons. The smallest absolute Gasteiger partial charge is 0.161 e. The van der Waals surface area contributed by atoms with Gasteiger partial charge in [-0.3, -0.25) is 0 Å². The summed E-state index contributed by atoms with van der Waals surface area (Å²) in [6.45, 7) is 4.19. The summed E-state index contributed by atoms with van der Waals surface area (Å²) in [7, 11) is 1.63. The maximum absolute atomic E-state index is 8.79. The van der Waals surface area contributed by atoms with E-state index in [2.05, 4.69) is 0 Å². The van der Waals surface area contributed by atoms with E-state index in [-0.39, 0.29) is 12.7 Å². The molecule has 0 atom stereocenters. The van der Waals surface area contributed by atoms with Crippen molar-refractivity contribution >= 4 is 0 Å². The Balaban J connectivity index is 2.83. The van der Waals surface area contributed by atoms with Crippen LogP contribution in [-0.4, -0.2) is 24.9 Å². The minimum atomic E-state index is 0.127. The topological polar surface area (TPSA) is 38.7 Å². The molecule has 0 spiro atoms. The number of hydrogen-bond acceptors (Lipinski definition) is 3. The maximum Gasteiger partial charge on any atom is 0.161 e. The van der Waals surface area contributed by atoms with Gasteiger partial charge in [-0.25, -0.2) is 0 Å². The van der Waals surface area contributed by atoms with Gasteiger partial charge < -0.3 is 14.6 Å². The lowest BCUT2D eigenvalue weighted by molar-refractivity contribution is 0.229. The molecule has 16 heavy (non-hydrogen) atoms. The highest BCUT2D eigenvalue weighted by Crippen LogP contribution is 2.29. The van der Waals surface area contributed by atoms with E-state index in [0.29, 0.717) is 0 Å². The number of rotatable bonds is 6. The Morgan fingerprint density at radius 2 is 2.00 bits per heavy atom. The van der Waals surface area contributed by atoms with Crippen LogP contribution in [0, 0.1) is 0 Å². The van der Waals surface area contributed by atoms with Gasteiger partial charge in [0.1, 0.15) is 0 Å². The van der Waals surface area contributed by atoms with Crippen molar-refractivity contribution in [1.82, 2.24) is 0 Å². The molecule has 0 heterocycles. The third-order valence-electron chi connectivity index (χ3n) is 2.21. The number of ether oxygens (including phenoxy) is 2. The van der Waals surface area contributed by atoms with E-state index in [1.165, 1.54) is 0 Å². The van der Waals surface area contributed by atoms with E-state index < -0.39 is 0 Å². The number of aliphatic hydroxyl groups is 1. The standard InChI is InChI=1S/C13H20O3/c1-10(2)16-13-9-11(5-4-8-14)6-7-12(13)15-3/h6-7,9-10,14H,4-5,8H2,1-3H3. The fourth-order valence-electron chi connectivity index (χ4n) is 1.51. The monoisotopic (exact) mass is 224 g/mol. The molecular formula is C13H20O3. The molecule has 0 saturated heterocycles. The first kappa shape index (κ1) is 12.8. The van der Waals surface area contributed by atoms with E-state index in [4.69, 9.17) is 14.6 Å². The third-order valence-corrected chi connectivity index (χ3v) is 2.21. The van der Waals surface area contributed by atoms with E-state index in [9.17, 15) is 0 Å². The molecule has 0 amide bonds. The van der Waals surface area contributed by atoms with Crippen LogP contribution in [0.25, 0.3) is 0 Å². The summed E-state index contributed by atoms with van der Waals surface area (Å²) < 4.78 is 10.9. The van der Waals surface area contributed by atoms with Crippen molar-refractivity contribution in [2.45, 2.75) is 32.8 Å². The average Bonchev–Trinajstić information content (AvgIpc) is 2.26. The molecule has 3 nitrogen and oxygen atoms in total. The first-order valence-electron chi connectivity index (χ1n) is 5.61. The van der Waals surface area contributed by atoms with Crippen LogP contribution in [0.5, 0.6) is 11.5 Å². The van der Waals surface area contributed by atoms with Gasteiger partial charge in [-0.1, -0.05) is 6.07 Å². The average molecular weight is 224 g/mol. The van der Waals surface area contributed by atoms with Crippen LogP contribution in [0.1, 0.15) is 25.8 Å².